The molecule has 3 rings (SSSR count). The van der Waals surface area contributed by atoms with Crippen LogP contribution in [-0.2, 0) is 22.6 Å². The zero-order valence-corrected chi connectivity index (χ0v) is 16.9. The molecule has 0 spiro atoms. The van der Waals surface area contributed by atoms with Gasteiger partial charge in [0.05, 0.1) is 6.61 Å². The van der Waals surface area contributed by atoms with Crippen molar-refractivity contribution < 1.29 is 14.6 Å². The number of carbonyl (C=O) groups is 1. The Balaban J connectivity index is 1.54. The summed E-state index contributed by atoms with van der Waals surface area (Å²) in [5.41, 5.74) is 4.73. The van der Waals surface area contributed by atoms with Crippen LogP contribution in [0.4, 0.5) is 0 Å². The van der Waals surface area contributed by atoms with Gasteiger partial charge in [0.1, 0.15) is 0 Å². The van der Waals surface area contributed by atoms with Crippen molar-refractivity contribution in [1.29, 1.82) is 0 Å². The molecule has 1 aliphatic rings. The quantitative estimate of drug-likeness (QED) is 0.680. The second-order valence-electron chi connectivity index (χ2n) is 7.72. The first-order valence-corrected chi connectivity index (χ1v) is 10.3. The molecule has 0 amide bonds. The Bertz CT molecular complexity index is 754. The Hall–Kier alpha value is -2.17. The van der Waals surface area contributed by atoms with Crippen molar-refractivity contribution in [2.75, 3.05) is 13.1 Å². The van der Waals surface area contributed by atoms with E-state index in [-0.39, 0.29) is 0 Å². The first kappa shape index (κ1) is 20.6. The lowest BCUT2D eigenvalue weighted by atomic mass is 10.0. The number of benzene rings is 2. The molecule has 0 saturated carbocycles. The Morgan fingerprint density at radius 2 is 1.71 bits per heavy atom. The van der Waals surface area contributed by atoms with Crippen molar-refractivity contribution in [2.45, 2.75) is 58.3 Å². The van der Waals surface area contributed by atoms with Gasteiger partial charge in [-0.25, -0.2) is 4.79 Å². The summed E-state index contributed by atoms with van der Waals surface area (Å²) in [5, 5.41) is 9.05. The third-order valence-electron chi connectivity index (χ3n) is 5.72. The van der Waals surface area contributed by atoms with Crippen molar-refractivity contribution in [3.05, 3.63) is 59.7 Å². The van der Waals surface area contributed by atoms with Crippen LogP contribution in [0.5, 0.6) is 0 Å². The SMILES string of the molecule is CC[C@@H](OCc1ccc(-c2ccc(CCN3CCCC3C)cc2)cc1)C(=O)O. The summed E-state index contributed by atoms with van der Waals surface area (Å²) in [5.74, 6) is -0.904. The number of ether oxygens (including phenoxy) is 1. The molecule has 1 unspecified atom stereocenters. The predicted octanol–water partition coefficient (Wildman–Crippen LogP) is 4.76. The molecular weight excluding hydrogens is 350 g/mol. The van der Waals surface area contributed by atoms with Gasteiger partial charge >= 0.3 is 5.97 Å². The van der Waals surface area contributed by atoms with Crippen molar-refractivity contribution >= 4 is 5.97 Å². The van der Waals surface area contributed by atoms with E-state index in [0.717, 1.165) is 30.1 Å². The van der Waals surface area contributed by atoms with Crippen molar-refractivity contribution in [3.8, 4) is 11.1 Å². The van der Waals surface area contributed by atoms with Crippen LogP contribution in [0, 0.1) is 0 Å². The molecule has 0 bridgehead atoms. The number of likely N-dealkylation sites (tertiary alicyclic amines) is 1. The minimum Gasteiger partial charge on any atom is -0.479 e. The smallest absolute Gasteiger partial charge is 0.332 e. The number of carboxylic acids is 1. The predicted molar refractivity (Wildman–Crippen MR) is 112 cm³/mol. The monoisotopic (exact) mass is 381 g/mol. The van der Waals surface area contributed by atoms with E-state index in [1.807, 2.05) is 19.1 Å². The fourth-order valence-corrected chi connectivity index (χ4v) is 3.82. The molecule has 0 aliphatic carbocycles. The van der Waals surface area contributed by atoms with Crippen LogP contribution in [0.3, 0.4) is 0 Å². The van der Waals surface area contributed by atoms with E-state index >= 15 is 0 Å². The van der Waals surface area contributed by atoms with Crippen LogP contribution in [0.25, 0.3) is 11.1 Å². The summed E-state index contributed by atoms with van der Waals surface area (Å²) in [6.07, 6.45) is 3.49. The summed E-state index contributed by atoms with van der Waals surface area (Å²) in [6.45, 7) is 6.84. The van der Waals surface area contributed by atoms with Gasteiger partial charge in [-0.15, -0.1) is 0 Å². The normalized spacial score (nSPS) is 18.3. The molecule has 0 aromatic heterocycles. The standard InChI is InChI=1S/C24H31NO3/c1-3-23(24(26)27)28-17-20-8-12-22(13-9-20)21-10-6-19(7-11-21)14-16-25-15-4-5-18(25)2/h6-13,18,23H,3-5,14-17H2,1-2H3,(H,26,27)/t18?,23-/m1/s1. The number of carboxylic acid groups (broad SMARTS) is 1. The largest absolute Gasteiger partial charge is 0.479 e. The van der Waals surface area contributed by atoms with E-state index in [4.69, 9.17) is 9.84 Å². The number of nitrogens with zero attached hydrogens (tertiary/aromatic N) is 1. The highest BCUT2D eigenvalue weighted by atomic mass is 16.5. The maximum absolute atomic E-state index is 11.0. The van der Waals surface area contributed by atoms with Gasteiger partial charge in [0.25, 0.3) is 0 Å². The summed E-state index contributed by atoms with van der Waals surface area (Å²) >= 11 is 0. The summed E-state index contributed by atoms with van der Waals surface area (Å²) in [6, 6.07) is 17.7. The van der Waals surface area contributed by atoms with Crippen LogP contribution in [0.1, 0.15) is 44.2 Å². The highest BCUT2D eigenvalue weighted by Crippen LogP contribution is 2.22. The van der Waals surface area contributed by atoms with E-state index in [9.17, 15) is 4.79 Å². The zero-order chi connectivity index (χ0) is 19.9. The minimum absolute atomic E-state index is 0.318. The fraction of sp³-hybridized carbons (Fsp3) is 0.458. The first-order valence-electron chi connectivity index (χ1n) is 10.3. The lowest BCUT2D eigenvalue weighted by molar-refractivity contribution is -0.151. The van der Waals surface area contributed by atoms with Crippen LogP contribution < -0.4 is 0 Å². The van der Waals surface area contributed by atoms with Crippen molar-refractivity contribution in [3.63, 3.8) is 0 Å². The molecule has 4 nitrogen and oxygen atoms in total. The molecule has 2 aromatic carbocycles. The second-order valence-corrected chi connectivity index (χ2v) is 7.72. The first-order chi connectivity index (χ1) is 13.6. The third kappa shape index (κ3) is 5.43. The lowest BCUT2D eigenvalue weighted by Crippen LogP contribution is -2.28. The zero-order valence-electron chi connectivity index (χ0n) is 16.9. The molecule has 1 saturated heterocycles. The molecule has 1 fully saturated rings. The molecule has 150 valence electrons. The Morgan fingerprint density at radius 3 is 2.21 bits per heavy atom. The molecule has 0 radical (unpaired) electrons. The molecular formula is C24H31NO3. The average molecular weight is 382 g/mol. The third-order valence-corrected chi connectivity index (χ3v) is 5.72. The Kier molecular flexibility index (Phi) is 7.24. The van der Waals surface area contributed by atoms with Gasteiger partial charge in [-0.1, -0.05) is 55.5 Å². The molecule has 1 aliphatic heterocycles. The summed E-state index contributed by atoms with van der Waals surface area (Å²) in [7, 11) is 0. The van der Waals surface area contributed by atoms with E-state index in [1.54, 1.807) is 0 Å². The minimum atomic E-state index is -0.904. The summed E-state index contributed by atoms with van der Waals surface area (Å²) in [4.78, 5) is 13.6. The van der Waals surface area contributed by atoms with Crippen LogP contribution in [0.15, 0.2) is 48.5 Å². The number of hydrogen-bond donors (Lipinski definition) is 1. The van der Waals surface area contributed by atoms with Crippen molar-refractivity contribution in [1.82, 2.24) is 4.90 Å². The van der Waals surface area contributed by atoms with Crippen molar-refractivity contribution in [2.24, 2.45) is 0 Å². The molecule has 1 N–H and O–H groups in total. The maximum Gasteiger partial charge on any atom is 0.332 e. The molecule has 2 aromatic rings. The molecule has 2 atom stereocenters. The molecule has 1 heterocycles. The molecule has 4 heteroatoms. The maximum atomic E-state index is 11.0. The van der Waals surface area contributed by atoms with Gasteiger partial charge in [0, 0.05) is 12.6 Å². The van der Waals surface area contributed by atoms with E-state index in [0.29, 0.717) is 13.0 Å². The van der Waals surface area contributed by atoms with Gasteiger partial charge in [-0.05, 0) is 61.4 Å². The second kappa shape index (κ2) is 9.85. The van der Waals surface area contributed by atoms with Crippen LogP contribution in [-0.4, -0.2) is 41.2 Å². The lowest BCUT2D eigenvalue weighted by Gasteiger charge is -2.20. The number of hydrogen-bond acceptors (Lipinski definition) is 3. The average Bonchev–Trinajstić information content (AvgIpc) is 3.12. The van der Waals surface area contributed by atoms with Crippen LogP contribution >= 0.6 is 0 Å². The van der Waals surface area contributed by atoms with E-state index in [1.165, 1.54) is 30.5 Å². The van der Waals surface area contributed by atoms with E-state index < -0.39 is 12.1 Å². The number of aliphatic carboxylic acids is 1. The summed E-state index contributed by atoms with van der Waals surface area (Å²) < 4.78 is 5.47. The highest BCUT2D eigenvalue weighted by molar-refractivity contribution is 5.72. The Labute approximate surface area is 168 Å². The fourth-order valence-electron chi connectivity index (χ4n) is 3.82. The van der Waals surface area contributed by atoms with E-state index in [2.05, 4.69) is 48.2 Å². The van der Waals surface area contributed by atoms with Gasteiger partial charge in [-0.2, -0.15) is 0 Å². The highest BCUT2D eigenvalue weighted by Gasteiger charge is 2.19. The van der Waals surface area contributed by atoms with Gasteiger partial charge < -0.3 is 14.7 Å². The molecule has 28 heavy (non-hydrogen) atoms. The Morgan fingerprint density at radius 1 is 1.11 bits per heavy atom. The van der Waals surface area contributed by atoms with Gasteiger partial charge in [0.2, 0.25) is 0 Å². The van der Waals surface area contributed by atoms with Gasteiger partial charge in [-0.3, -0.25) is 0 Å². The van der Waals surface area contributed by atoms with Gasteiger partial charge in [0.15, 0.2) is 6.10 Å². The topological polar surface area (TPSA) is 49.8 Å². The number of rotatable bonds is 9. The van der Waals surface area contributed by atoms with Crippen LogP contribution in [0.2, 0.25) is 0 Å².